The molecule has 114 valence electrons. The molecule has 0 aromatic heterocycles. The van der Waals surface area contributed by atoms with Gasteiger partial charge in [0.1, 0.15) is 5.75 Å². The van der Waals surface area contributed by atoms with Crippen LogP contribution < -0.4 is 15.4 Å². The molecule has 1 aliphatic carbocycles. The number of thiocarbonyl (C=S) groups is 1. The quantitative estimate of drug-likeness (QED) is 0.840. The molecule has 21 heavy (non-hydrogen) atoms. The molecule has 0 radical (unpaired) electrons. The van der Waals surface area contributed by atoms with E-state index in [-0.39, 0.29) is 5.91 Å². The van der Waals surface area contributed by atoms with Crippen molar-refractivity contribution in [3.05, 3.63) is 29.8 Å². The monoisotopic (exact) mass is 306 g/mol. The first-order valence-corrected chi connectivity index (χ1v) is 7.94. The van der Waals surface area contributed by atoms with Crippen LogP contribution in [0.2, 0.25) is 0 Å². The summed E-state index contributed by atoms with van der Waals surface area (Å²) in [7, 11) is 0. The van der Waals surface area contributed by atoms with Crippen LogP contribution in [0.1, 0.15) is 49.4 Å². The third-order valence-electron chi connectivity index (χ3n) is 3.59. The van der Waals surface area contributed by atoms with Crippen LogP contribution in [0.4, 0.5) is 0 Å². The Hall–Kier alpha value is -1.62. The minimum atomic E-state index is -0.189. The maximum absolute atomic E-state index is 12.1. The average Bonchev–Trinajstić information content (AvgIpc) is 2.49. The van der Waals surface area contributed by atoms with Crippen molar-refractivity contribution in [3.8, 4) is 5.75 Å². The van der Waals surface area contributed by atoms with E-state index in [2.05, 4.69) is 10.6 Å². The summed E-state index contributed by atoms with van der Waals surface area (Å²) in [5.41, 5.74) is 0.575. The van der Waals surface area contributed by atoms with Crippen LogP contribution in [-0.4, -0.2) is 23.7 Å². The summed E-state index contributed by atoms with van der Waals surface area (Å²) in [6.45, 7) is 2.54. The predicted molar refractivity (Wildman–Crippen MR) is 87.7 cm³/mol. The topological polar surface area (TPSA) is 50.4 Å². The fourth-order valence-corrected chi connectivity index (χ4v) is 2.77. The number of nitrogens with one attached hydrogen (secondary N) is 2. The number of carbonyl (C=O) groups excluding carboxylic acids is 1. The first-order chi connectivity index (χ1) is 10.2. The lowest BCUT2D eigenvalue weighted by Crippen LogP contribution is -2.44. The number of hydrogen-bond acceptors (Lipinski definition) is 3. The van der Waals surface area contributed by atoms with Gasteiger partial charge in [-0.1, -0.05) is 19.3 Å². The van der Waals surface area contributed by atoms with E-state index < -0.39 is 0 Å². The van der Waals surface area contributed by atoms with Crippen LogP contribution in [0.3, 0.4) is 0 Å². The van der Waals surface area contributed by atoms with Crippen LogP contribution in [0.15, 0.2) is 24.3 Å². The van der Waals surface area contributed by atoms with Crippen molar-refractivity contribution in [1.82, 2.24) is 10.6 Å². The maximum atomic E-state index is 12.1. The van der Waals surface area contributed by atoms with Gasteiger partial charge in [-0.15, -0.1) is 0 Å². The van der Waals surface area contributed by atoms with Gasteiger partial charge >= 0.3 is 0 Å². The van der Waals surface area contributed by atoms with Gasteiger partial charge in [0, 0.05) is 11.6 Å². The van der Waals surface area contributed by atoms with Gasteiger partial charge in [0.25, 0.3) is 5.91 Å². The number of carbonyl (C=O) groups is 1. The lowest BCUT2D eigenvalue weighted by Gasteiger charge is -2.24. The average molecular weight is 306 g/mol. The fraction of sp³-hybridized carbons (Fsp3) is 0.500. The molecule has 0 atom stereocenters. The van der Waals surface area contributed by atoms with Crippen molar-refractivity contribution in [3.63, 3.8) is 0 Å². The Bertz CT molecular complexity index is 482. The molecule has 1 fully saturated rings. The Balaban J connectivity index is 1.83. The summed E-state index contributed by atoms with van der Waals surface area (Å²) in [5.74, 6) is 0.573. The minimum absolute atomic E-state index is 0.189. The highest BCUT2D eigenvalue weighted by molar-refractivity contribution is 7.80. The van der Waals surface area contributed by atoms with Crippen LogP contribution in [0.25, 0.3) is 0 Å². The highest BCUT2D eigenvalue weighted by Crippen LogP contribution is 2.17. The molecule has 0 bridgehead atoms. The third kappa shape index (κ3) is 5.01. The van der Waals surface area contributed by atoms with Crippen LogP contribution in [-0.2, 0) is 0 Å². The van der Waals surface area contributed by atoms with Crippen LogP contribution in [0, 0.1) is 0 Å². The molecule has 0 spiro atoms. The number of ether oxygens (including phenoxy) is 1. The minimum Gasteiger partial charge on any atom is -0.494 e. The van der Waals surface area contributed by atoms with Crippen molar-refractivity contribution >= 4 is 23.2 Å². The van der Waals surface area contributed by atoms with E-state index in [0.717, 1.165) is 18.6 Å². The van der Waals surface area contributed by atoms with E-state index in [0.29, 0.717) is 23.3 Å². The van der Waals surface area contributed by atoms with Gasteiger partial charge in [0.15, 0.2) is 5.11 Å². The van der Waals surface area contributed by atoms with Crippen molar-refractivity contribution in [2.45, 2.75) is 45.1 Å². The first kappa shape index (κ1) is 15.8. The Morgan fingerprint density at radius 2 is 1.90 bits per heavy atom. The Kier molecular flexibility index (Phi) is 5.99. The molecule has 1 saturated carbocycles. The molecule has 2 N–H and O–H groups in total. The van der Waals surface area contributed by atoms with Gasteiger partial charge in [0.05, 0.1) is 6.61 Å². The van der Waals surface area contributed by atoms with Crippen LogP contribution >= 0.6 is 12.2 Å². The lowest BCUT2D eigenvalue weighted by atomic mass is 9.96. The molecule has 1 aliphatic rings. The first-order valence-electron chi connectivity index (χ1n) is 7.53. The van der Waals surface area contributed by atoms with Gasteiger partial charge in [-0.05, 0) is 56.2 Å². The predicted octanol–water partition coefficient (Wildman–Crippen LogP) is 3.02. The van der Waals surface area contributed by atoms with E-state index in [9.17, 15) is 4.79 Å². The molecule has 0 heterocycles. The molecule has 1 aromatic rings. The SMILES string of the molecule is CCOc1ccc(C(=O)NC(=S)NC2CCCCC2)cc1. The Morgan fingerprint density at radius 1 is 1.24 bits per heavy atom. The van der Waals surface area contributed by atoms with Gasteiger partial charge in [-0.2, -0.15) is 0 Å². The van der Waals surface area contributed by atoms with Gasteiger partial charge < -0.3 is 10.1 Å². The van der Waals surface area contributed by atoms with E-state index in [1.54, 1.807) is 24.3 Å². The molecular formula is C16H22N2O2S. The van der Waals surface area contributed by atoms with Crippen LogP contribution in [0.5, 0.6) is 5.75 Å². The third-order valence-corrected chi connectivity index (χ3v) is 3.81. The standard InChI is InChI=1S/C16H22N2O2S/c1-2-20-14-10-8-12(9-11-14)15(19)18-16(21)17-13-6-4-3-5-7-13/h8-11,13H,2-7H2,1H3,(H2,17,18,19,21). The number of amides is 1. The molecule has 5 heteroatoms. The second-order valence-corrected chi connectivity index (χ2v) is 5.63. The summed E-state index contributed by atoms with van der Waals surface area (Å²) >= 11 is 5.21. The van der Waals surface area contributed by atoms with Crippen molar-refractivity contribution in [1.29, 1.82) is 0 Å². The van der Waals surface area contributed by atoms with E-state index in [1.165, 1.54) is 19.3 Å². The van der Waals surface area contributed by atoms with Crippen molar-refractivity contribution < 1.29 is 9.53 Å². The molecule has 0 saturated heterocycles. The molecule has 1 amide bonds. The second kappa shape index (κ2) is 7.98. The number of rotatable bonds is 4. The van der Waals surface area contributed by atoms with Crippen molar-refractivity contribution in [2.24, 2.45) is 0 Å². The molecule has 0 aliphatic heterocycles. The smallest absolute Gasteiger partial charge is 0.257 e. The summed E-state index contributed by atoms with van der Waals surface area (Å²) < 4.78 is 5.35. The van der Waals surface area contributed by atoms with E-state index in [4.69, 9.17) is 17.0 Å². The zero-order valence-electron chi connectivity index (χ0n) is 12.4. The number of benzene rings is 1. The normalized spacial score (nSPS) is 15.3. The Labute approximate surface area is 131 Å². The molecule has 2 rings (SSSR count). The van der Waals surface area contributed by atoms with Gasteiger partial charge in [-0.3, -0.25) is 10.1 Å². The van der Waals surface area contributed by atoms with Gasteiger partial charge in [0.2, 0.25) is 0 Å². The lowest BCUT2D eigenvalue weighted by molar-refractivity contribution is 0.0976. The zero-order chi connectivity index (χ0) is 15.1. The molecule has 4 nitrogen and oxygen atoms in total. The van der Waals surface area contributed by atoms with E-state index in [1.807, 2.05) is 6.92 Å². The largest absolute Gasteiger partial charge is 0.494 e. The summed E-state index contributed by atoms with van der Waals surface area (Å²) in [6, 6.07) is 7.45. The fourth-order valence-electron chi connectivity index (χ4n) is 2.51. The summed E-state index contributed by atoms with van der Waals surface area (Å²) in [5, 5.41) is 6.38. The van der Waals surface area contributed by atoms with E-state index >= 15 is 0 Å². The second-order valence-electron chi connectivity index (χ2n) is 5.22. The summed E-state index contributed by atoms with van der Waals surface area (Å²) in [4.78, 5) is 12.1. The highest BCUT2D eigenvalue weighted by Gasteiger charge is 2.15. The Morgan fingerprint density at radius 3 is 2.52 bits per heavy atom. The zero-order valence-corrected chi connectivity index (χ0v) is 13.2. The van der Waals surface area contributed by atoms with Gasteiger partial charge in [-0.25, -0.2) is 0 Å². The highest BCUT2D eigenvalue weighted by atomic mass is 32.1. The number of hydrogen-bond donors (Lipinski definition) is 2. The van der Waals surface area contributed by atoms with Crippen molar-refractivity contribution in [2.75, 3.05) is 6.61 Å². The molecule has 1 aromatic carbocycles. The molecular weight excluding hydrogens is 284 g/mol. The maximum Gasteiger partial charge on any atom is 0.257 e. The summed E-state index contributed by atoms with van der Waals surface area (Å²) in [6.07, 6.45) is 6.00. The molecule has 0 unspecified atom stereocenters.